The Labute approximate surface area is 195 Å². The van der Waals surface area contributed by atoms with E-state index in [0.29, 0.717) is 19.5 Å². The second-order valence-electron chi connectivity index (χ2n) is 8.76. The van der Waals surface area contributed by atoms with E-state index < -0.39 is 16.0 Å². The molecule has 1 fully saturated rings. The molecule has 2 aromatic carbocycles. The van der Waals surface area contributed by atoms with Crippen molar-refractivity contribution in [2.45, 2.75) is 56.0 Å². The van der Waals surface area contributed by atoms with Crippen LogP contribution in [0.2, 0.25) is 0 Å². The van der Waals surface area contributed by atoms with Crippen LogP contribution >= 0.6 is 0 Å². The molecule has 1 aliphatic heterocycles. The first-order valence-corrected chi connectivity index (χ1v) is 12.9. The summed E-state index contributed by atoms with van der Waals surface area (Å²) in [5.74, 6) is -0.951. The highest BCUT2D eigenvalue weighted by molar-refractivity contribution is 7.89. The molecule has 1 aliphatic carbocycles. The van der Waals surface area contributed by atoms with Crippen molar-refractivity contribution in [3.63, 3.8) is 0 Å². The van der Waals surface area contributed by atoms with Crippen LogP contribution in [0.25, 0.3) is 0 Å². The molecule has 1 saturated carbocycles. The average Bonchev–Trinajstić information content (AvgIpc) is 2.86. The second kappa shape index (κ2) is 10.1. The highest BCUT2D eigenvalue weighted by Gasteiger charge is 2.29. The largest absolute Gasteiger partial charge is 0.452 e. The van der Waals surface area contributed by atoms with Gasteiger partial charge in [0.15, 0.2) is 6.61 Å². The molecule has 0 N–H and O–H groups in total. The summed E-state index contributed by atoms with van der Waals surface area (Å²) >= 11 is 0. The van der Waals surface area contributed by atoms with Gasteiger partial charge in [0.1, 0.15) is 0 Å². The second-order valence-corrected chi connectivity index (χ2v) is 10.7. The first-order valence-electron chi connectivity index (χ1n) is 11.5. The van der Waals surface area contributed by atoms with E-state index in [1.165, 1.54) is 35.0 Å². The summed E-state index contributed by atoms with van der Waals surface area (Å²) in [4.78, 5) is 26.7. The van der Waals surface area contributed by atoms with Gasteiger partial charge in [-0.05, 0) is 48.6 Å². The Bertz CT molecular complexity index is 1130. The highest BCUT2D eigenvalue weighted by Crippen LogP contribution is 2.26. The third-order valence-electron chi connectivity index (χ3n) is 6.65. The van der Waals surface area contributed by atoms with Crippen molar-refractivity contribution in [3.8, 4) is 0 Å². The van der Waals surface area contributed by atoms with Gasteiger partial charge in [-0.2, -0.15) is 4.31 Å². The molecule has 1 heterocycles. The number of nitrogens with zero attached hydrogens (tertiary/aromatic N) is 2. The van der Waals surface area contributed by atoms with Crippen LogP contribution in [0.1, 0.15) is 53.6 Å². The van der Waals surface area contributed by atoms with Crippen LogP contribution in [0.4, 0.5) is 0 Å². The topological polar surface area (TPSA) is 84.0 Å². The van der Waals surface area contributed by atoms with Gasteiger partial charge in [0.05, 0.1) is 10.5 Å². The van der Waals surface area contributed by atoms with Crippen LogP contribution in [0.5, 0.6) is 0 Å². The van der Waals surface area contributed by atoms with Gasteiger partial charge in [0.2, 0.25) is 10.0 Å². The van der Waals surface area contributed by atoms with Gasteiger partial charge in [-0.25, -0.2) is 13.2 Å². The molecule has 0 atom stereocenters. The molecule has 4 rings (SSSR count). The maximum atomic E-state index is 13.2. The lowest BCUT2D eigenvalue weighted by atomic mass is 9.94. The van der Waals surface area contributed by atoms with Gasteiger partial charge in [0, 0.05) is 26.2 Å². The minimum Gasteiger partial charge on any atom is -0.452 e. The van der Waals surface area contributed by atoms with E-state index in [-0.39, 0.29) is 29.0 Å². The van der Waals surface area contributed by atoms with Crippen molar-refractivity contribution in [1.82, 2.24) is 9.21 Å². The van der Waals surface area contributed by atoms with Gasteiger partial charge in [-0.15, -0.1) is 0 Å². The van der Waals surface area contributed by atoms with Crippen molar-refractivity contribution in [1.29, 1.82) is 0 Å². The first kappa shape index (κ1) is 23.4. The van der Waals surface area contributed by atoms with Crippen LogP contribution < -0.4 is 0 Å². The Hall–Kier alpha value is -2.71. The summed E-state index contributed by atoms with van der Waals surface area (Å²) < 4.78 is 33.1. The van der Waals surface area contributed by atoms with Gasteiger partial charge in [-0.3, -0.25) is 4.79 Å². The number of benzene rings is 2. The van der Waals surface area contributed by atoms with E-state index in [4.69, 9.17) is 4.74 Å². The van der Waals surface area contributed by atoms with E-state index >= 15 is 0 Å². The molecule has 1 amide bonds. The van der Waals surface area contributed by atoms with Crippen LogP contribution in [-0.2, 0) is 32.5 Å². The fourth-order valence-corrected chi connectivity index (χ4v) is 6.06. The number of esters is 1. The lowest BCUT2D eigenvalue weighted by molar-refractivity contribution is -0.135. The number of amides is 1. The molecule has 0 spiro atoms. The number of ether oxygens (including phenoxy) is 1. The predicted molar refractivity (Wildman–Crippen MR) is 124 cm³/mol. The molecule has 0 bridgehead atoms. The van der Waals surface area contributed by atoms with E-state index in [1.807, 2.05) is 24.3 Å². The van der Waals surface area contributed by atoms with Crippen molar-refractivity contribution in [2.24, 2.45) is 0 Å². The molecule has 0 radical (unpaired) electrons. The lowest BCUT2D eigenvalue weighted by Gasteiger charge is -2.31. The zero-order chi connectivity index (χ0) is 23.4. The summed E-state index contributed by atoms with van der Waals surface area (Å²) in [5.41, 5.74) is 2.26. The summed E-state index contributed by atoms with van der Waals surface area (Å²) in [5, 5.41) is 0. The Morgan fingerprint density at radius 2 is 1.76 bits per heavy atom. The fraction of sp³-hybridized carbons (Fsp3) is 0.440. The Morgan fingerprint density at radius 1 is 1.03 bits per heavy atom. The molecule has 0 saturated heterocycles. The number of likely N-dealkylation sites (N-methyl/N-ethyl adjacent to an activating group) is 1. The molecule has 176 valence electrons. The normalized spacial score (nSPS) is 17.2. The number of hydrogen-bond donors (Lipinski definition) is 0. The summed E-state index contributed by atoms with van der Waals surface area (Å²) in [6.45, 7) is 0.330. The molecule has 2 aliphatic rings. The average molecular weight is 471 g/mol. The SMILES string of the molecule is CN(C(=O)COC(=O)c1cccc(S(=O)(=O)N2CCc3ccccc3C2)c1)C1CCCCC1. The van der Waals surface area contributed by atoms with Crippen LogP contribution in [0, 0.1) is 0 Å². The van der Waals surface area contributed by atoms with Gasteiger partial charge in [-0.1, -0.05) is 49.6 Å². The third kappa shape index (κ3) is 5.28. The van der Waals surface area contributed by atoms with Crippen LogP contribution in [-0.4, -0.2) is 55.7 Å². The summed E-state index contributed by atoms with van der Waals surface area (Å²) in [6.07, 6.45) is 5.98. The quantitative estimate of drug-likeness (QED) is 0.605. The van der Waals surface area contributed by atoms with Gasteiger partial charge < -0.3 is 9.64 Å². The number of fused-ring (bicyclic) bond motifs is 1. The Kier molecular flexibility index (Phi) is 7.14. The third-order valence-corrected chi connectivity index (χ3v) is 8.49. The minimum absolute atomic E-state index is 0.0435. The Balaban J connectivity index is 1.40. The number of rotatable bonds is 6. The lowest BCUT2D eigenvalue weighted by Crippen LogP contribution is -2.40. The fourth-order valence-electron chi connectivity index (χ4n) is 4.59. The molecule has 2 aromatic rings. The van der Waals surface area contributed by atoms with E-state index in [1.54, 1.807) is 11.9 Å². The van der Waals surface area contributed by atoms with E-state index in [9.17, 15) is 18.0 Å². The number of sulfonamides is 1. The highest BCUT2D eigenvalue weighted by atomic mass is 32.2. The van der Waals surface area contributed by atoms with Crippen molar-refractivity contribution >= 4 is 21.9 Å². The smallest absolute Gasteiger partial charge is 0.338 e. The van der Waals surface area contributed by atoms with Gasteiger partial charge >= 0.3 is 5.97 Å². The van der Waals surface area contributed by atoms with E-state index in [0.717, 1.165) is 36.8 Å². The summed E-state index contributed by atoms with van der Waals surface area (Å²) in [7, 11) is -2.02. The maximum Gasteiger partial charge on any atom is 0.338 e. The Morgan fingerprint density at radius 3 is 2.52 bits per heavy atom. The monoisotopic (exact) mass is 470 g/mol. The summed E-state index contributed by atoms with van der Waals surface area (Å²) in [6, 6.07) is 13.8. The molecular formula is C25H30N2O5S. The first-order chi connectivity index (χ1) is 15.9. The van der Waals surface area contributed by atoms with Crippen LogP contribution in [0.3, 0.4) is 0 Å². The number of hydrogen-bond acceptors (Lipinski definition) is 5. The molecule has 33 heavy (non-hydrogen) atoms. The zero-order valence-electron chi connectivity index (χ0n) is 18.9. The molecular weight excluding hydrogens is 440 g/mol. The standard InChI is InChI=1S/C25H30N2O5S/c1-26(22-11-3-2-4-12-22)24(28)18-32-25(29)20-10-7-13-23(16-20)33(30,31)27-15-14-19-8-5-6-9-21(19)17-27/h5-10,13,16,22H,2-4,11-12,14-15,17-18H2,1H3. The number of carbonyl (C=O) groups excluding carboxylic acids is 2. The zero-order valence-corrected chi connectivity index (χ0v) is 19.7. The number of carbonyl (C=O) groups is 2. The molecule has 0 unspecified atom stereocenters. The minimum atomic E-state index is -3.77. The van der Waals surface area contributed by atoms with Crippen molar-refractivity contribution in [3.05, 3.63) is 65.2 Å². The van der Waals surface area contributed by atoms with Gasteiger partial charge in [0.25, 0.3) is 5.91 Å². The molecule has 8 heteroatoms. The van der Waals surface area contributed by atoms with Crippen molar-refractivity contribution < 1.29 is 22.7 Å². The van der Waals surface area contributed by atoms with Crippen LogP contribution in [0.15, 0.2) is 53.4 Å². The van der Waals surface area contributed by atoms with Crippen molar-refractivity contribution in [2.75, 3.05) is 20.2 Å². The molecule has 7 nitrogen and oxygen atoms in total. The molecule has 0 aromatic heterocycles. The predicted octanol–water partition coefficient (Wildman–Crippen LogP) is 3.38. The maximum absolute atomic E-state index is 13.2. The van der Waals surface area contributed by atoms with E-state index in [2.05, 4.69) is 0 Å².